The number of nitrogens with one attached hydrogen (secondary N) is 1. The second-order valence-electron chi connectivity index (χ2n) is 3.05. The average Bonchev–Trinajstić information content (AvgIpc) is 2.21. The Balaban J connectivity index is 0.000000561. The van der Waals surface area contributed by atoms with Crippen molar-refractivity contribution in [2.45, 2.75) is 39.7 Å². The lowest BCUT2D eigenvalue weighted by Gasteiger charge is -2.30. The highest BCUT2D eigenvalue weighted by atomic mass is 15.1. The molecule has 2 heteroatoms. The zero-order valence-corrected chi connectivity index (χ0v) is 9.06. The molecule has 1 saturated heterocycles. The van der Waals surface area contributed by atoms with E-state index < -0.39 is 0 Å². The molecule has 0 aromatic heterocycles. The molecule has 0 aromatic rings. The summed E-state index contributed by atoms with van der Waals surface area (Å²) in [7, 11) is 2.22. The monoisotopic (exact) mass is 172 g/mol. The van der Waals surface area contributed by atoms with E-state index in [0.29, 0.717) is 0 Å². The molecule has 0 bridgehead atoms. The first kappa shape index (κ1) is 11.9. The van der Waals surface area contributed by atoms with E-state index in [2.05, 4.69) is 24.2 Å². The van der Waals surface area contributed by atoms with Crippen molar-refractivity contribution in [3.63, 3.8) is 0 Å². The first-order valence-electron chi connectivity index (χ1n) is 5.25. The van der Waals surface area contributed by atoms with Gasteiger partial charge in [-0.05, 0) is 39.5 Å². The van der Waals surface area contributed by atoms with E-state index in [9.17, 15) is 0 Å². The summed E-state index contributed by atoms with van der Waals surface area (Å²) in [4.78, 5) is 2.45. The molecule has 0 spiro atoms. The summed E-state index contributed by atoms with van der Waals surface area (Å²) in [5.74, 6) is 0. The molecular formula is C10H24N2. The highest BCUT2D eigenvalue weighted by molar-refractivity contribution is 4.74. The number of nitrogens with zero attached hydrogens (tertiary/aromatic N) is 1. The summed E-state index contributed by atoms with van der Waals surface area (Å²) in [6, 6.07) is 0.839. The van der Waals surface area contributed by atoms with Gasteiger partial charge in [0.15, 0.2) is 0 Å². The zero-order chi connectivity index (χ0) is 9.40. The zero-order valence-electron chi connectivity index (χ0n) is 9.06. The maximum absolute atomic E-state index is 3.37. The normalized spacial score (nSPS) is 18.8. The van der Waals surface area contributed by atoms with Crippen molar-refractivity contribution in [1.29, 1.82) is 0 Å². The van der Waals surface area contributed by atoms with Crippen molar-refractivity contribution in [3.8, 4) is 0 Å². The van der Waals surface area contributed by atoms with Crippen LogP contribution in [-0.2, 0) is 0 Å². The molecule has 1 N–H and O–H groups in total. The van der Waals surface area contributed by atoms with Crippen LogP contribution in [0.25, 0.3) is 0 Å². The molecule has 12 heavy (non-hydrogen) atoms. The Morgan fingerprint density at radius 3 is 2.17 bits per heavy atom. The molecule has 0 atom stereocenters. The Morgan fingerprint density at radius 2 is 1.75 bits per heavy atom. The molecule has 0 radical (unpaired) electrons. The summed E-state index contributed by atoms with van der Waals surface area (Å²) >= 11 is 0. The summed E-state index contributed by atoms with van der Waals surface area (Å²) in [5.41, 5.74) is 0. The summed E-state index contributed by atoms with van der Waals surface area (Å²) in [6.45, 7) is 9.82. The van der Waals surface area contributed by atoms with Gasteiger partial charge in [-0.3, -0.25) is 0 Å². The van der Waals surface area contributed by atoms with Crippen molar-refractivity contribution >= 4 is 0 Å². The van der Waals surface area contributed by atoms with Crippen molar-refractivity contribution in [2.24, 2.45) is 0 Å². The maximum atomic E-state index is 3.37. The number of hydrogen-bond acceptors (Lipinski definition) is 2. The number of hydrogen-bond donors (Lipinski definition) is 1. The Hall–Kier alpha value is -0.0800. The third-order valence-corrected chi connectivity index (χ3v) is 2.43. The molecule has 1 aliphatic heterocycles. The largest absolute Gasteiger partial charge is 0.317 e. The van der Waals surface area contributed by atoms with E-state index >= 15 is 0 Å². The van der Waals surface area contributed by atoms with E-state index in [4.69, 9.17) is 0 Å². The molecule has 1 fully saturated rings. The first-order valence-corrected chi connectivity index (χ1v) is 5.25. The van der Waals surface area contributed by atoms with E-state index in [1.165, 1.54) is 32.5 Å². The van der Waals surface area contributed by atoms with Crippen LogP contribution in [-0.4, -0.2) is 37.6 Å². The van der Waals surface area contributed by atoms with Crippen LogP contribution >= 0.6 is 0 Å². The molecule has 0 saturated carbocycles. The van der Waals surface area contributed by atoms with Crippen LogP contribution in [0.1, 0.15) is 33.6 Å². The van der Waals surface area contributed by atoms with Crippen LogP contribution < -0.4 is 5.32 Å². The van der Waals surface area contributed by atoms with Crippen molar-refractivity contribution in [2.75, 3.05) is 26.7 Å². The lowest BCUT2D eigenvalue weighted by Crippen LogP contribution is -2.40. The Labute approximate surface area is 77.3 Å². The molecule has 0 aromatic carbocycles. The molecule has 0 aliphatic carbocycles. The lowest BCUT2D eigenvalue weighted by atomic mass is 10.1. The minimum atomic E-state index is 0.839. The fraction of sp³-hybridized carbons (Fsp3) is 1.00. The topological polar surface area (TPSA) is 15.3 Å². The maximum Gasteiger partial charge on any atom is 0.0116 e. The standard InChI is InChI=1S/C8H18N2.C2H6/c1-3-10(2)8-4-6-9-7-5-8;1-2/h8-9H,3-7H2,1-2H3;1-2H3. The van der Waals surface area contributed by atoms with Crippen LogP contribution in [0, 0.1) is 0 Å². The highest BCUT2D eigenvalue weighted by Crippen LogP contribution is 2.08. The van der Waals surface area contributed by atoms with E-state index in [1.807, 2.05) is 13.8 Å². The summed E-state index contributed by atoms with van der Waals surface area (Å²) < 4.78 is 0. The van der Waals surface area contributed by atoms with E-state index in [1.54, 1.807) is 0 Å². The molecule has 74 valence electrons. The number of rotatable bonds is 2. The minimum Gasteiger partial charge on any atom is -0.317 e. The van der Waals surface area contributed by atoms with Crippen molar-refractivity contribution in [1.82, 2.24) is 10.2 Å². The van der Waals surface area contributed by atoms with Crippen LogP contribution in [0.5, 0.6) is 0 Å². The molecular weight excluding hydrogens is 148 g/mol. The lowest BCUT2D eigenvalue weighted by molar-refractivity contribution is 0.208. The summed E-state index contributed by atoms with van der Waals surface area (Å²) in [5, 5.41) is 3.37. The molecule has 0 unspecified atom stereocenters. The van der Waals surface area contributed by atoms with Gasteiger partial charge in [0.05, 0.1) is 0 Å². The van der Waals surface area contributed by atoms with Gasteiger partial charge < -0.3 is 10.2 Å². The summed E-state index contributed by atoms with van der Waals surface area (Å²) in [6.07, 6.45) is 2.65. The predicted octanol–water partition coefficient (Wildman–Crippen LogP) is 1.72. The third kappa shape index (κ3) is 4.07. The van der Waals surface area contributed by atoms with Gasteiger partial charge in [0.25, 0.3) is 0 Å². The molecule has 1 heterocycles. The van der Waals surface area contributed by atoms with Gasteiger partial charge in [0.1, 0.15) is 0 Å². The van der Waals surface area contributed by atoms with Crippen LogP contribution in [0.15, 0.2) is 0 Å². The SMILES string of the molecule is CC.CCN(C)C1CCNCC1. The van der Waals surface area contributed by atoms with Crippen molar-refractivity contribution < 1.29 is 0 Å². The van der Waals surface area contributed by atoms with Crippen molar-refractivity contribution in [3.05, 3.63) is 0 Å². The molecule has 1 rings (SSSR count). The van der Waals surface area contributed by atoms with Gasteiger partial charge >= 0.3 is 0 Å². The van der Waals surface area contributed by atoms with Crippen LogP contribution in [0.2, 0.25) is 0 Å². The smallest absolute Gasteiger partial charge is 0.0116 e. The van der Waals surface area contributed by atoms with E-state index in [0.717, 1.165) is 6.04 Å². The quantitative estimate of drug-likeness (QED) is 0.682. The molecule has 1 aliphatic rings. The Kier molecular flexibility index (Phi) is 7.51. The predicted molar refractivity (Wildman–Crippen MR) is 55.5 cm³/mol. The van der Waals surface area contributed by atoms with Crippen LogP contribution in [0.4, 0.5) is 0 Å². The molecule has 2 nitrogen and oxygen atoms in total. The highest BCUT2D eigenvalue weighted by Gasteiger charge is 2.15. The van der Waals surface area contributed by atoms with Gasteiger partial charge in [-0.1, -0.05) is 20.8 Å². The fourth-order valence-corrected chi connectivity index (χ4v) is 1.51. The Bertz CT molecular complexity index is 87.8. The van der Waals surface area contributed by atoms with Crippen LogP contribution in [0.3, 0.4) is 0 Å². The Morgan fingerprint density at radius 1 is 1.25 bits per heavy atom. The third-order valence-electron chi connectivity index (χ3n) is 2.43. The first-order chi connectivity index (χ1) is 5.84. The van der Waals surface area contributed by atoms with E-state index in [-0.39, 0.29) is 0 Å². The fourth-order valence-electron chi connectivity index (χ4n) is 1.51. The minimum absolute atomic E-state index is 0.839. The second kappa shape index (κ2) is 7.56. The van der Waals surface area contributed by atoms with Gasteiger partial charge in [-0.2, -0.15) is 0 Å². The average molecular weight is 172 g/mol. The van der Waals surface area contributed by atoms with Gasteiger partial charge in [-0.25, -0.2) is 0 Å². The molecule has 0 amide bonds. The van der Waals surface area contributed by atoms with Gasteiger partial charge in [0.2, 0.25) is 0 Å². The van der Waals surface area contributed by atoms with Gasteiger partial charge in [0, 0.05) is 6.04 Å². The second-order valence-corrected chi connectivity index (χ2v) is 3.05. The number of piperidine rings is 1. The van der Waals surface area contributed by atoms with Gasteiger partial charge in [-0.15, -0.1) is 0 Å².